The summed E-state index contributed by atoms with van der Waals surface area (Å²) >= 11 is 0. The van der Waals surface area contributed by atoms with E-state index < -0.39 is 0 Å². The van der Waals surface area contributed by atoms with Gasteiger partial charge in [-0.15, -0.1) is 0 Å². The zero-order chi connectivity index (χ0) is 16.3. The van der Waals surface area contributed by atoms with Gasteiger partial charge in [0.25, 0.3) is 0 Å². The molecule has 0 N–H and O–H groups in total. The van der Waals surface area contributed by atoms with Crippen molar-refractivity contribution >= 4 is 0 Å². The Balaban J connectivity index is 2.17. The van der Waals surface area contributed by atoms with Crippen LogP contribution in [0.1, 0.15) is 31.3 Å². The van der Waals surface area contributed by atoms with Crippen molar-refractivity contribution in [3.05, 3.63) is 35.5 Å². The maximum Gasteiger partial charge on any atom is 0.244 e. The minimum absolute atomic E-state index is 0.0824. The number of nitriles is 1. The molecular weight excluding hydrogens is 283 g/mol. The van der Waals surface area contributed by atoms with Crippen LogP contribution in [0.3, 0.4) is 0 Å². The van der Waals surface area contributed by atoms with Crippen molar-refractivity contribution in [2.45, 2.75) is 26.8 Å². The minimum Gasteiger partial charge on any atom is -0.337 e. The Morgan fingerprint density at radius 2 is 2.14 bits per heavy atom. The van der Waals surface area contributed by atoms with E-state index in [1.807, 2.05) is 25.8 Å². The lowest BCUT2D eigenvalue weighted by Gasteiger charge is -2.22. The van der Waals surface area contributed by atoms with Gasteiger partial charge in [0.15, 0.2) is 0 Å². The zero-order valence-corrected chi connectivity index (χ0v) is 13.2. The van der Waals surface area contributed by atoms with Gasteiger partial charge in [-0.05, 0) is 39.4 Å². The van der Waals surface area contributed by atoms with E-state index in [1.54, 1.807) is 19.1 Å². The monoisotopic (exact) mass is 302 g/mol. The maximum atomic E-state index is 13.6. The third-order valence-corrected chi connectivity index (χ3v) is 3.67. The van der Waals surface area contributed by atoms with Crippen LogP contribution in [0.4, 0.5) is 4.39 Å². The normalized spacial score (nSPS) is 13.9. The van der Waals surface area contributed by atoms with Crippen LogP contribution in [0.15, 0.2) is 22.7 Å². The number of hydrogen-bond donors (Lipinski definition) is 0. The molecular formula is C16H19FN4O. The van der Waals surface area contributed by atoms with E-state index in [1.165, 1.54) is 6.07 Å². The summed E-state index contributed by atoms with van der Waals surface area (Å²) in [5.74, 6) is 0.434. The van der Waals surface area contributed by atoms with E-state index >= 15 is 0 Å². The highest BCUT2D eigenvalue weighted by atomic mass is 19.1. The van der Waals surface area contributed by atoms with Crippen molar-refractivity contribution in [2.75, 3.05) is 13.6 Å². The first-order valence-corrected chi connectivity index (χ1v) is 7.12. The molecule has 2 rings (SSSR count). The topological polar surface area (TPSA) is 66.0 Å². The third-order valence-electron chi connectivity index (χ3n) is 3.67. The summed E-state index contributed by atoms with van der Waals surface area (Å²) in [6.45, 7) is 6.09. The molecule has 0 aliphatic carbocycles. The predicted molar refractivity (Wildman–Crippen MR) is 80.3 cm³/mol. The van der Waals surface area contributed by atoms with Gasteiger partial charge in [0.05, 0.1) is 18.0 Å². The molecule has 0 saturated carbocycles. The highest BCUT2D eigenvalue weighted by Gasteiger charge is 2.20. The van der Waals surface area contributed by atoms with Crippen LogP contribution in [-0.2, 0) is 0 Å². The molecule has 1 aromatic carbocycles. The molecule has 0 unspecified atom stereocenters. The van der Waals surface area contributed by atoms with Gasteiger partial charge in [-0.25, -0.2) is 4.39 Å². The molecule has 0 radical (unpaired) electrons. The Labute approximate surface area is 129 Å². The number of aryl methyl sites for hydroxylation is 1. The molecule has 0 bridgehead atoms. The van der Waals surface area contributed by atoms with Crippen LogP contribution >= 0.6 is 0 Å². The van der Waals surface area contributed by atoms with Gasteiger partial charge in [-0.3, -0.25) is 4.90 Å². The van der Waals surface area contributed by atoms with Crippen LogP contribution < -0.4 is 0 Å². The van der Waals surface area contributed by atoms with Crippen molar-refractivity contribution in [1.82, 2.24) is 15.0 Å². The van der Waals surface area contributed by atoms with Gasteiger partial charge >= 0.3 is 0 Å². The van der Waals surface area contributed by atoms with Crippen molar-refractivity contribution in [3.63, 3.8) is 0 Å². The highest BCUT2D eigenvalue weighted by molar-refractivity contribution is 5.54. The predicted octanol–water partition coefficient (Wildman–Crippen LogP) is 3.34. The van der Waals surface area contributed by atoms with Crippen LogP contribution in [-0.4, -0.2) is 28.6 Å². The molecule has 6 heteroatoms. The van der Waals surface area contributed by atoms with Crippen LogP contribution in [0.25, 0.3) is 11.4 Å². The molecule has 2 aromatic rings. The maximum absolute atomic E-state index is 13.6. The minimum atomic E-state index is -0.295. The standard InChI is InChI=1S/C16H19FN4O/c1-10(8-18)9-21(4)12(3)16-19-15(20-22-16)13-6-5-11(2)14(17)7-13/h5-7,10,12H,9H2,1-4H3/t10-,12-/m0/s1. The van der Waals surface area contributed by atoms with Crippen molar-refractivity contribution in [3.8, 4) is 17.5 Å². The molecule has 116 valence electrons. The number of nitrogens with zero attached hydrogens (tertiary/aromatic N) is 4. The fraction of sp³-hybridized carbons (Fsp3) is 0.438. The van der Waals surface area contributed by atoms with E-state index in [4.69, 9.17) is 9.78 Å². The zero-order valence-electron chi connectivity index (χ0n) is 13.2. The van der Waals surface area contributed by atoms with Gasteiger partial charge in [0, 0.05) is 12.1 Å². The summed E-state index contributed by atoms with van der Waals surface area (Å²) in [6, 6.07) is 6.92. The number of benzene rings is 1. The molecule has 1 heterocycles. The Hall–Kier alpha value is -2.26. The lowest BCUT2D eigenvalue weighted by molar-refractivity contribution is 0.198. The Morgan fingerprint density at radius 3 is 2.77 bits per heavy atom. The van der Waals surface area contributed by atoms with E-state index in [-0.39, 0.29) is 17.8 Å². The number of aromatic nitrogens is 2. The lowest BCUT2D eigenvalue weighted by Crippen LogP contribution is -2.27. The van der Waals surface area contributed by atoms with Crippen LogP contribution in [0, 0.1) is 30.0 Å². The molecule has 0 spiro atoms. The first-order valence-electron chi connectivity index (χ1n) is 7.12. The summed E-state index contributed by atoms with van der Waals surface area (Å²) in [7, 11) is 1.90. The number of rotatable bonds is 5. The van der Waals surface area contributed by atoms with E-state index in [9.17, 15) is 4.39 Å². The largest absolute Gasteiger partial charge is 0.337 e. The van der Waals surface area contributed by atoms with Crippen LogP contribution in [0.5, 0.6) is 0 Å². The molecule has 1 aromatic heterocycles. The average molecular weight is 302 g/mol. The molecule has 0 amide bonds. The van der Waals surface area contributed by atoms with E-state index in [2.05, 4.69) is 16.2 Å². The van der Waals surface area contributed by atoms with Crippen molar-refractivity contribution < 1.29 is 8.91 Å². The van der Waals surface area contributed by atoms with Gasteiger partial charge in [0.1, 0.15) is 5.82 Å². The Morgan fingerprint density at radius 1 is 1.41 bits per heavy atom. The first kappa shape index (κ1) is 16.1. The molecule has 2 atom stereocenters. The second-order valence-corrected chi connectivity index (χ2v) is 5.57. The highest BCUT2D eigenvalue weighted by Crippen LogP contribution is 2.23. The molecule has 5 nitrogen and oxygen atoms in total. The molecule has 22 heavy (non-hydrogen) atoms. The molecule has 0 fully saturated rings. The second kappa shape index (κ2) is 6.67. The summed E-state index contributed by atoms with van der Waals surface area (Å²) in [6.07, 6.45) is 0. The number of halogens is 1. The summed E-state index contributed by atoms with van der Waals surface area (Å²) in [4.78, 5) is 6.31. The fourth-order valence-electron chi connectivity index (χ4n) is 2.07. The summed E-state index contributed by atoms with van der Waals surface area (Å²) < 4.78 is 18.9. The van der Waals surface area contributed by atoms with E-state index in [0.29, 0.717) is 29.4 Å². The van der Waals surface area contributed by atoms with Gasteiger partial charge in [-0.2, -0.15) is 10.2 Å². The Bertz CT molecular complexity index is 692. The average Bonchev–Trinajstić information content (AvgIpc) is 2.98. The van der Waals surface area contributed by atoms with Gasteiger partial charge in [0.2, 0.25) is 11.7 Å². The number of hydrogen-bond acceptors (Lipinski definition) is 5. The molecule has 0 aliphatic heterocycles. The van der Waals surface area contributed by atoms with Gasteiger partial charge < -0.3 is 4.52 Å². The fourth-order valence-corrected chi connectivity index (χ4v) is 2.07. The summed E-state index contributed by atoms with van der Waals surface area (Å²) in [5, 5.41) is 12.8. The van der Waals surface area contributed by atoms with Crippen molar-refractivity contribution in [2.24, 2.45) is 5.92 Å². The van der Waals surface area contributed by atoms with Crippen molar-refractivity contribution in [1.29, 1.82) is 5.26 Å². The SMILES string of the molecule is Cc1ccc(-c2noc([C@H](C)N(C)C[C@@H](C)C#N)n2)cc1F. The molecule has 0 saturated heterocycles. The van der Waals surface area contributed by atoms with Crippen LogP contribution in [0.2, 0.25) is 0 Å². The van der Waals surface area contributed by atoms with E-state index in [0.717, 1.165) is 0 Å². The smallest absolute Gasteiger partial charge is 0.244 e. The summed E-state index contributed by atoms with van der Waals surface area (Å²) in [5.41, 5.74) is 1.16. The first-order chi connectivity index (χ1) is 10.4. The third kappa shape index (κ3) is 3.49. The Kier molecular flexibility index (Phi) is 4.88. The molecule has 0 aliphatic rings. The quantitative estimate of drug-likeness (QED) is 0.847. The lowest BCUT2D eigenvalue weighted by atomic mass is 10.1. The second-order valence-electron chi connectivity index (χ2n) is 5.57. The van der Waals surface area contributed by atoms with Gasteiger partial charge in [-0.1, -0.05) is 17.3 Å².